The molecule has 0 bridgehead atoms. The van der Waals surface area contributed by atoms with Crippen LogP contribution in [-0.4, -0.2) is 21.9 Å². The third-order valence-electron chi connectivity index (χ3n) is 2.25. The van der Waals surface area contributed by atoms with Gasteiger partial charge in [0.05, 0.1) is 5.71 Å². The van der Waals surface area contributed by atoms with Crippen LogP contribution in [0.1, 0.15) is 23.0 Å². The molecular formula is C11H11N5O2. The number of hydrogen-bond donors (Lipinski definition) is 2. The molecule has 0 saturated heterocycles. The number of nitrogens with zero attached hydrogens (tertiary/aromatic N) is 3. The summed E-state index contributed by atoms with van der Waals surface area (Å²) in [6.45, 7) is 1.78. The number of rotatable bonds is 3. The Bertz CT molecular complexity index is 576. The minimum absolute atomic E-state index is 0.0694. The van der Waals surface area contributed by atoms with Crippen LogP contribution in [0.2, 0.25) is 0 Å². The second kappa shape index (κ2) is 5.09. The van der Waals surface area contributed by atoms with Gasteiger partial charge in [-0.15, -0.1) is 0 Å². The molecule has 3 N–H and O–H groups in total. The first-order valence-electron chi connectivity index (χ1n) is 5.16. The number of nitrogens with two attached hydrogens (primary N) is 1. The molecule has 0 spiro atoms. The number of anilines is 1. The molecule has 0 saturated carbocycles. The molecule has 0 aliphatic heterocycles. The van der Waals surface area contributed by atoms with Crippen molar-refractivity contribution in [1.29, 1.82) is 0 Å². The van der Waals surface area contributed by atoms with Crippen LogP contribution in [0, 0.1) is 0 Å². The van der Waals surface area contributed by atoms with Crippen LogP contribution in [0.3, 0.4) is 0 Å². The minimum atomic E-state index is -0.566. The van der Waals surface area contributed by atoms with Crippen molar-refractivity contribution in [3.63, 3.8) is 0 Å². The van der Waals surface area contributed by atoms with Crippen molar-refractivity contribution in [2.75, 3.05) is 5.73 Å². The Morgan fingerprint density at radius 3 is 2.67 bits per heavy atom. The zero-order chi connectivity index (χ0) is 13.0. The van der Waals surface area contributed by atoms with Crippen LogP contribution >= 0.6 is 0 Å². The van der Waals surface area contributed by atoms with Gasteiger partial charge < -0.3 is 5.73 Å². The first kappa shape index (κ1) is 11.8. The molecule has 92 valence electrons. The average Bonchev–Trinajstić information content (AvgIpc) is 2.83. The van der Waals surface area contributed by atoms with Gasteiger partial charge in [-0.3, -0.25) is 4.79 Å². The van der Waals surface area contributed by atoms with E-state index in [4.69, 9.17) is 5.73 Å². The fourth-order valence-electron chi connectivity index (χ4n) is 1.28. The van der Waals surface area contributed by atoms with Gasteiger partial charge in [0.25, 0.3) is 5.91 Å². The second-order valence-corrected chi connectivity index (χ2v) is 3.50. The third kappa shape index (κ3) is 2.51. The Labute approximate surface area is 103 Å². The Kier molecular flexibility index (Phi) is 3.33. The van der Waals surface area contributed by atoms with Crippen molar-refractivity contribution in [2.24, 2.45) is 5.10 Å². The molecule has 0 radical (unpaired) electrons. The van der Waals surface area contributed by atoms with E-state index in [1.165, 1.54) is 0 Å². The maximum atomic E-state index is 11.6. The van der Waals surface area contributed by atoms with E-state index in [1.54, 1.807) is 6.92 Å². The average molecular weight is 245 g/mol. The van der Waals surface area contributed by atoms with E-state index in [1.807, 2.05) is 30.3 Å². The predicted molar refractivity (Wildman–Crippen MR) is 64.8 cm³/mol. The lowest BCUT2D eigenvalue weighted by molar-refractivity contribution is 0.0945. The largest absolute Gasteiger partial charge is 0.379 e. The maximum Gasteiger partial charge on any atom is 0.297 e. The van der Waals surface area contributed by atoms with Gasteiger partial charge in [0.1, 0.15) is 0 Å². The summed E-state index contributed by atoms with van der Waals surface area (Å²) < 4.78 is 4.32. The van der Waals surface area contributed by atoms with E-state index in [0.29, 0.717) is 5.71 Å². The van der Waals surface area contributed by atoms with Crippen LogP contribution in [0.4, 0.5) is 5.82 Å². The van der Waals surface area contributed by atoms with Crippen molar-refractivity contribution in [3.05, 3.63) is 41.6 Å². The number of hydrogen-bond acceptors (Lipinski definition) is 6. The lowest BCUT2D eigenvalue weighted by Gasteiger charge is -2.00. The molecule has 7 heteroatoms. The quantitative estimate of drug-likeness (QED) is 0.614. The van der Waals surface area contributed by atoms with Crippen LogP contribution in [-0.2, 0) is 0 Å². The van der Waals surface area contributed by atoms with Gasteiger partial charge >= 0.3 is 0 Å². The van der Waals surface area contributed by atoms with Crippen molar-refractivity contribution in [1.82, 2.24) is 15.7 Å². The standard InChI is InChI=1S/C11H11N5O2/c1-7(8-5-3-2-4-6-8)13-14-11(17)9-10(12)16-18-15-9/h2-6H,1H3,(H2,12,16)(H,14,17). The third-order valence-corrected chi connectivity index (χ3v) is 2.25. The molecular weight excluding hydrogens is 234 g/mol. The summed E-state index contributed by atoms with van der Waals surface area (Å²) in [7, 11) is 0. The Morgan fingerprint density at radius 1 is 1.33 bits per heavy atom. The van der Waals surface area contributed by atoms with Gasteiger partial charge in [-0.2, -0.15) is 5.10 Å². The van der Waals surface area contributed by atoms with Crippen molar-refractivity contribution in [2.45, 2.75) is 6.92 Å². The highest BCUT2D eigenvalue weighted by Crippen LogP contribution is 2.04. The smallest absolute Gasteiger partial charge is 0.297 e. The van der Waals surface area contributed by atoms with Gasteiger partial charge in [0.2, 0.25) is 11.5 Å². The summed E-state index contributed by atoms with van der Waals surface area (Å²) in [5.41, 5.74) is 9.20. The highest BCUT2D eigenvalue weighted by Gasteiger charge is 2.15. The highest BCUT2D eigenvalue weighted by atomic mass is 16.6. The molecule has 0 fully saturated rings. The zero-order valence-electron chi connectivity index (χ0n) is 9.62. The fourth-order valence-corrected chi connectivity index (χ4v) is 1.28. The second-order valence-electron chi connectivity index (χ2n) is 3.50. The number of carbonyl (C=O) groups is 1. The van der Waals surface area contributed by atoms with E-state index in [-0.39, 0.29) is 11.5 Å². The normalized spacial score (nSPS) is 11.3. The number of aromatic nitrogens is 2. The van der Waals surface area contributed by atoms with Gasteiger partial charge in [0.15, 0.2) is 0 Å². The molecule has 1 aromatic heterocycles. The molecule has 0 atom stereocenters. The summed E-state index contributed by atoms with van der Waals surface area (Å²) in [5, 5.41) is 10.6. The summed E-state index contributed by atoms with van der Waals surface area (Å²) in [6, 6.07) is 9.44. The van der Waals surface area contributed by atoms with Gasteiger partial charge in [-0.1, -0.05) is 30.3 Å². The van der Waals surface area contributed by atoms with E-state index >= 15 is 0 Å². The molecule has 1 heterocycles. The molecule has 1 amide bonds. The molecule has 7 nitrogen and oxygen atoms in total. The van der Waals surface area contributed by atoms with Crippen LogP contribution in [0.25, 0.3) is 0 Å². The Balaban J connectivity index is 2.08. The number of nitrogen functional groups attached to an aromatic ring is 1. The maximum absolute atomic E-state index is 11.6. The molecule has 0 aliphatic carbocycles. The van der Waals surface area contributed by atoms with Gasteiger partial charge in [-0.25, -0.2) is 10.1 Å². The predicted octanol–water partition coefficient (Wildman–Crippen LogP) is 0.806. The number of amides is 1. The van der Waals surface area contributed by atoms with Crippen molar-refractivity contribution < 1.29 is 9.42 Å². The van der Waals surface area contributed by atoms with Gasteiger partial charge in [-0.05, 0) is 22.8 Å². The Hall–Kier alpha value is -2.70. The molecule has 18 heavy (non-hydrogen) atoms. The van der Waals surface area contributed by atoms with Crippen LogP contribution < -0.4 is 11.2 Å². The van der Waals surface area contributed by atoms with Crippen molar-refractivity contribution in [3.8, 4) is 0 Å². The van der Waals surface area contributed by atoms with Crippen molar-refractivity contribution >= 4 is 17.4 Å². The summed E-state index contributed by atoms with van der Waals surface area (Å²) in [4.78, 5) is 11.6. The molecule has 2 rings (SSSR count). The first-order chi connectivity index (χ1) is 8.68. The lowest BCUT2D eigenvalue weighted by Crippen LogP contribution is -2.20. The zero-order valence-corrected chi connectivity index (χ0v) is 9.62. The number of carbonyl (C=O) groups excluding carboxylic acids is 1. The number of hydrazone groups is 1. The van der Waals surface area contributed by atoms with Crippen LogP contribution in [0.5, 0.6) is 0 Å². The van der Waals surface area contributed by atoms with E-state index in [2.05, 4.69) is 25.5 Å². The molecule has 0 unspecified atom stereocenters. The summed E-state index contributed by atoms with van der Waals surface area (Å²) in [5.74, 6) is -0.635. The molecule has 2 aromatic rings. The summed E-state index contributed by atoms with van der Waals surface area (Å²) >= 11 is 0. The number of benzene rings is 1. The summed E-state index contributed by atoms with van der Waals surface area (Å²) in [6.07, 6.45) is 0. The fraction of sp³-hybridized carbons (Fsp3) is 0.0909. The SMILES string of the molecule is CC(=NNC(=O)c1nonc1N)c1ccccc1. The van der Waals surface area contributed by atoms with E-state index in [0.717, 1.165) is 5.56 Å². The molecule has 1 aromatic carbocycles. The van der Waals surface area contributed by atoms with Crippen LogP contribution in [0.15, 0.2) is 40.1 Å². The molecule has 0 aliphatic rings. The van der Waals surface area contributed by atoms with E-state index < -0.39 is 5.91 Å². The minimum Gasteiger partial charge on any atom is -0.379 e. The Morgan fingerprint density at radius 2 is 2.06 bits per heavy atom. The number of nitrogens with one attached hydrogen (secondary N) is 1. The lowest BCUT2D eigenvalue weighted by atomic mass is 10.1. The highest BCUT2D eigenvalue weighted by molar-refractivity contribution is 6.01. The monoisotopic (exact) mass is 245 g/mol. The van der Waals surface area contributed by atoms with Gasteiger partial charge in [0, 0.05) is 0 Å². The topological polar surface area (TPSA) is 106 Å². The van der Waals surface area contributed by atoms with E-state index in [9.17, 15) is 4.79 Å². The first-order valence-corrected chi connectivity index (χ1v) is 5.16.